The molecule has 2 N–H and O–H groups in total. The highest BCUT2D eigenvalue weighted by atomic mass is 16.6. The Labute approximate surface area is 59.4 Å². The molecule has 0 fully saturated rings. The Hall–Kier alpha value is -0.610. The quantitative estimate of drug-likeness (QED) is 0.519. The van der Waals surface area contributed by atoms with Gasteiger partial charge in [-0.25, -0.2) is 4.79 Å². The van der Waals surface area contributed by atoms with Gasteiger partial charge in [0, 0.05) is 0 Å². The van der Waals surface area contributed by atoms with Gasteiger partial charge in [0.2, 0.25) is 0 Å². The molecular weight excluding hydrogens is 136 g/mol. The molecule has 4 heteroatoms. The number of aliphatic hydroxyl groups is 2. The van der Waals surface area contributed by atoms with Crippen molar-refractivity contribution in [2.24, 2.45) is 0 Å². The zero-order chi connectivity index (χ0) is 8.15. The van der Waals surface area contributed by atoms with Crippen molar-refractivity contribution >= 4 is 5.97 Å². The van der Waals surface area contributed by atoms with Crippen molar-refractivity contribution in [3.8, 4) is 0 Å². The monoisotopic (exact) mass is 148 g/mol. The maximum Gasteiger partial charge on any atom is 0.334 e. The molecule has 0 bridgehead atoms. The molecule has 0 heterocycles. The third kappa shape index (κ3) is 4.29. The summed E-state index contributed by atoms with van der Waals surface area (Å²) in [6, 6.07) is 0. The number of carbonyl (C=O) groups is 1. The van der Waals surface area contributed by atoms with Crippen molar-refractivity contribution in [1.29, 1.82) is 0 Å². The molecule has 0 aliphatic carbocycles. The van der Waals surface area contributed by atoms with Crippen LogP contribution in [0.2, 0.25) is 0 Å². The Morgan fingerprint density at radius 1 is 1.50 bits per heavy atom. The summed E-state index contributed by atoms with van der Waals surface area (Å²) < 4.78 is 4.43. The van der Waals surface area contributed by atoms with E-state index in [1.165, 1.54) is 13.8 Å². The van der Waals surface area contributed by atoms with E-state index in [1.807, 2.05) is 0 Å². The molecule has 0 radical (unpaired) electrons. The fourth-order valence-electron chi connectivity index (χ4n) is 0.323. The number of aliphatic hydroxyl groups excluding tert-OH is 2. The van der Waals surface area contributed by atoms with Crippen LogP contribution in [-0.2, 0) is 9.53 Å². The predicted octanol–water partition coefficient (Wildman–Crippen LogP) is -0.709. The second kappa shape index (κ2) is 4.24. The lowest BCUT2D eigenvalue weighted by Gasteiger charge is -2.07. The third-order valence-corrected chi connectivity index (χ3v) is 0.808. The van der Waals surface area contributed by atoms with Gasteiger partial charge in [0.1, 0.15) is 12.7 Å². The second-order valence-electron chi connectivity index (χ2n) is 2.16. The summed E-state index contributed by atoms with van der Waals surface area (Å²) in [6.45, 7) is 2.74. The lowest BCUT2D eigenvalue weighted by molar-refractivity contribution is -0.155. The Kier molecular flexibility index (Phi) is 3.99. The first-order valence-electron chi connectivity index (χ1n) is 3.06. The van der Waals surface area contributed by atoms with E-state index in [9.17, 15) is 4.79 Å². The van der Waals surface area contributed by atoms with Crippen LogP contribution in [0.1, 0.15) is 13.8 Å². The van der Waals surface area contributed by atoms with Crippen LogP contribution in [0, 0.1) is 0 Å². The molecule has 0 saturated heterocycles. The van der Waals surface area contributed by atoms with Crippen LogP contribution in [0.5, 0.6) is 0 Å². The molecule has 0 aliphatic heterocycles. The molecule has 0 aromatic carbocycles. The highest BCUT2D eigenvalue weighted by Crippen LogP contribution is 1.88. The van der Waals surface area contributed by atoms with Crippen LogP contribution in [0.4, 0.5) is 0 Å². The first-order chi connectivity index (χ1) is 4.54. The van der Waals surface area contributed by atoms with Crippen molar-refractivity contribution in [2.45, 2.75) is 26.1 Å². The van der Waals surface area contributed by atoms with Gasteiger partial charge < -0.3 is 14.9 Å². The van der Waals surface area contributed by atoms with Crippen LogP contribution in [0.25, 0.3) is 0 Å². The lowest BCUT2D eigenvalue weighted by Crippen LogP contribution is -2.23. The molecule has 0 spiro atoms. The number of carbonyl (C=O) groups excluding carboxylic acids is 1. The van der Waals surface area contributed by atoms with Gasteiger partial charge in [0.15, 0.2) is 0 Å². The van der Waals surface area contributed by atoms with Gasteiger partial charge in [-0.1, -0.05) is 0 Å². The molecule has 60 valence electrons. The molecule has 4 nitrogen and oxygen atoms in total. The first kappa shape index (κ1) is 9.39. The van der Waals surface area contributed by atoms with Crippen LogP contribution >= 0.6 is 0 Å². The normalized spacial score (nSPS) is 16.0. The van der Waals surface area contributed by atoms with Gasteiger partial charge in [-0.05, 0) is 13.8 Å². The Balaban J connectivity index is 3.40. The van der Waals surface area contributed by atoms with E-state index >= 15 is 0 Å². The summed E-state index contributed by atoms with van der Waals surface area (Å²) in [5.74, 6) is -0.707. The fraction of sp³-hybridized carbons (Fsp3) is 0.833. The van der Waals surface area contributed by atoms with E-state index in [-0.39, 0.29) is 6.61 Å². The standard InChI is InChI=1S/C6H12O4/c1-4(7)3-10-6(9)5(2)8/h4-5,7-8H,3H2,1-2H3/t4-,5-/m1/s1. The lowest BCUT2D eigenvalue weighted by atomic mass is 10.4. The molecule has 0 unspecified atom stereocenters. The topological polar surface area (TPSA) is 66.8 Å². The van der Waals surface area contributed by atoms with Crippen molar-refractivity contribution in [1.82, 2.24) is 0 Å². The highest BCUT2D eigenvalue weighted by molar-refractivity contribution is 5.73. The first-order valence-corrected chi connectivity index (χ1v) is 3.06. The molecule has 0 rings (SSSR count). The maximum absolute atomic E-state index is 10.5. The largest absolute Gasteiger partial charge is 0.461 e. The summed E-state index contributed by atoms with van der Waals surface area (Å²) in [6.07, 6.45) is -1.79. The van der Waals surface area contributed by atoms with E-state index in [1.54, 1.807) is 0 Å². The minimum Gasteiger partial charge on any atom is -0.461 e. The molecule has 0 saturated carbocycles. The Bertz CT molecular complexity index is 108. The van der Waals surface area contributed by atoms with Crippen LogP contribution in [-0.4, -0.2) is 35.0 Å². The van der Waals surface area contributed by atoms with E-state index in [4.69, 9.17) is 10.2 Å². The molecule has 10 heavy (non-hydrogen) atoms. The zero-order valence-corrected chi connectivity index (χ0v) is 6.07. The average Bonchev–Trinajstić information content (AvgIpc) is 1.82. The molecule has 0 aromatic heterocycles. The number of ether oxygens (including phenoxy) is 1. The highest BCUT2D eigenvalue weighted by Gasteiger charge is 2.10. The van der Waals surface area contributed by atoms with Gasteiger partial charge in [-0.2, -0.15) is 0 Å². The van der Waals surface area contributed by atoms with Crippen LogP contribution < -0.4 is 0 Å². The van der Waals surface area contributed by atoms with Gasteiger partial charge in [-0.15, -0.1) is 0 Å². The summed E-state index contributed by atoms with van der Waals surface area (Å²) in [5, 5.41) is 17.2. The van der Waals surface area contributed by atoms with E-state index in [2.05, 4.69) is 4.74 Å². The molecule has 0 amide bonds. The Morgan fingerprint density at radius 2 is 2.00 bits per heavy atom. The van der Waals surface area contributed by atoms with Crippen LogP contribution in [0.15, 0.2) is 0 Å². The number of hydrogen-bond acceptors (Lipinski definition) is 4. The Morgan fingerprint density at radius 3 is 2.30 bits per heavy atom. The van der Waals surface area contributed by atoms with E-state index in [0.717, 1.165) is 0 Å². The van der Waals surface area contributed by atoms with Crippen molar-refractivity contribution in [2.75, 3.05) is 6.61 Å². The summed E-state index contributed by atoms with van der Waals surface area (Å²) in [5.41, 5.74) is 0. The van der Waals surface area contributed by atoms with Crippen molar-refractivity contribution in [3.05, 3.63) is 0 Å². The molecule has 2 atom stereocenters. The van der Waals surface area contributed by atoms with Gasteiger partial charge in [-0.3, -0.25) is 0 Å². The van der Waals surface area contributed by atoms with Gasteiger partial charge in [0.25, 0.3) is 0 Å². The zero-order valence-electron chi connectivity index (χ0n) is 6.07. The SMILES string of the molecule is C[C@@H](O)COC(=O)[C@@H](C)O. The average molecular weight is 148 g/mol. The van der Waals surface area contributed by atoms with E-state index in [0.29, 0.717) is 0 Å². The third-order valence-electron chi connectivity index (χ3n) is 0.808. The van der Waals surface area contributed by atoms with Crippen molar-refractivity contribution in [3.63, 3.8) is 0 Å². The number of esters is 1. The predicted molar refractivity (Wildman–Crippen MR) is 34.3 cm³/mol. The van der Waals surface area contributed by atoms with Crippen molar-refractivity contribution < 1.29 is 19.7 Å². The summed E-state index contributed by atoms with van der Waals surface area (Å²) in [4.78, 5) is 10.5. The fourth-order valence-corrected chi connectivity index (χ4v) is 0.323. The molecule has 0 aliphatic rings. The van der Waals surface area contributed by atoms with E-state index < -0.39 is 18.2 Å². The molecule has 0 aromatic rings. The molecular formula is C6H12O4. The maximum atomic E-state index is 10.5. The van der Waals surface area contributed by atoms with Gasteiger partial charge in [0.05, 0.1) is 6.10 Å². The summed E-state index contributed by atoms with van der Waals surface area (Å²) >= 11 is 0. The summed E-state index contributed by atoms with van der Waals surface area (Å²) in [7, 11) is 0. The van der Waals surface area contributed by atoms with Gasteiger partial charge >= 0.3 is 5.97 Å². The second-order valence-corrected chi connectivity index (χ2v) is 2.16. The minimum absolute atomic E-state index is 0.0657. The minimum atomic E-state index is -1.11. The number of hydrogen-bond donors (Lipinski definition) is 2. The van der Waals surface area contributed by atoms with Crippen LogP contribution in [0.3, 0.4) is 0 Å². The number of rotatable bonds is 3. The smallest absolute Gasteiger partial charge is 0.334 e.